The Morgan fingerprint density at radius 1 is 1.43 bits per heavy atom. The van der Waals surface area contributed by atoms with Gasteiger partial charge >= 0.3 is 0 Å². The molecule has 110 valence electrons. The van der Waals surface area contributed by atoms with E-state index in [4.69, 9.17) is 11.6 Å². The van der Waals surface area contributed by atoms with E-state index >= 15 is 0 Å². The third-order valence-electron chi connectivity index (χ3n) is 4.04. The quantitative estimate of drug-likeness (QED) is 0.874. The first-order chi connectivity index (χ1) is 10.2. The lowest BCUT2D eigenvalue weighted by Gasteiger charge is -2.32. The van der Waals surface area contributed by atoms with Crippen LogP contribution in [0.5, 0.6) is 0 Å². The summed E-state index contributed by atoms with van der Waals surface area (Å²) in [5.41, 5.74) is 2.33. The molecule has 0 unspecified atom stereocenters. The van der Waals surface area contributed by atoms with Crippen molar-refractivity contribution in [3.63, 3.8) is 0 Å². The minimum Gasteiger partial charge on any atom is -0.336 e. The molecule has 0 radical (unpaired) electrons. The molecule has 2 heterocycles. The number of hydrogen-bond acceptors (Lipinski definition) is 2. The molecule has 0 bridgehead atoms. The van der Waals surface area contributed by atoms with E-state index in [1.807, 2.05) is 36.2 Å². The van der Waals surface area contributed by atoms with Gasteiger partial charge in [0.25, 0.3) is 0 Å². The van der Waals surface area contributed by atoms with E-state index in [2.05, 4.69) is 11.2 Å². The van der Waals surface area contributed by atoms with Crippen LogP contribution in [0.15, 0.2) is 36.7 Å². The first-order valence-corrected chi connectivity index (χ1v) is 7.62. The number of nitrogens with zero attached hydrogens (tertiary/aromatic N) is 3. The van der Waals surface area contributed by atoms with Gasteiger partial charge in [-0.3, -0.25) is 9.48 Å². The largest absolute Gasteiger partial charge is 0.336 e. The maximum Gasteiger partial charge on any atom is 0.247 e. The molecular formula is C16H18ClN3O. The molecular weight excluding hydrogens is 286 g/mol. The van der Waals surface area contributed by atoms with Gasteiger partial charge in [-0.2, -0.15) is 5.10 Å². The normalized spacial score (nSPS) is 15.6. The summed E-state index contributed by atoms with van der Waals surface area (Å²) in [6.45, 7) is 3.36. The fourth-order valence-corrected chi connectivity index (χ4v) is 3.19. The highest BCUT2D eigenvalue weighted by Gasteiger charge is 2.28. The minimum atomic E-state index is -0.222. The minimum absolute atomic E-state index is 0.131. The summed E-state index contributed by atoms with van der Waals surface area (Å²) in [5.74, 6) is 0.131. The highest BCUT2D eigenvalue weighted by molar-refractivity contribution is 6.31. The summed E-state index contributed by atoms with van der Waals surface area (Å²) >= 11 is 6.22. The van der Waals surface area contributed by atoms with Crippen molar-refractivity contribution >= 4 is 17.5 Å². The van der Waals surface area contributed by atoms with Crippen LogP contribution in [0.1, 0.15) is 30.5 Å². The fourth-order valence-electron chi connectivity index (χ4n) is 2.90. The molecule has 1 aliphatic heterocycles. The number of benzene rings is 1. The number of carbonyl (C=O) groups excluding carboxylic acids is 1. The van der Waals surface area contributed by atoms with Crippen molar-refractivity contribution in [1.82, 2.24) is 14.7 Å². The second kappa shape index (κ2) is 5.90. The molecule has 0 spiro atoms. The Bertz CT molecular complexity index is 639. The Hall–Kier alpha value is -1.81. The topological polar surface area (TPSA) is 38.1 Å². The molecule has 1 aliphatic rings. The van der Waals surface area contributed by atoms with E-state index < -0.39 is 0 Å². The van der Waals surface area contributed by atoms with Crippen molar-refractivity contribution < 1.29 is 4.79 Å². The van der Waals surface area contributed by atoms with Crippen LogP contribution in [0.25, 0.3) is 0 Å². The van der Waals surface area contributed by atoms with Gasteiger partial charge < -0.3 is 4.90 Å². The lowest BCUT2D eigenvalue weighted by molar-refractivity contribution is -0.136. The van der Waals surface area contributed by atoms with Gasteiger partial charge in [-0.1, -0.05) is 30.7 Å². The molecule has 5 heteroatoms. The van der Waals surface area contributed by atoms with E-state index in [9.17, 15) is 4.79 Å². The Kier molecular flexibility index (Phi) is 3.97. The summed E-state index contributed by atoms with van der Waals surface area (Å²) in [7, 11) is 0. The van der Waals surface area contributed by atoms with Gasteiger partial charge in [-0.05, 0) is 36.1 Å². The lowest BCUT2D eigenvalue weighted by Crippen LogP contribution is -2.40. The van der Waals surface area contributed by atoms with Gasteiger partial charge in [-0.25, -0.2) is 0 Å². The van der Waals surface area contributed by atoms with Crippen molar-refractivity contribution in [2.45, 2.75) is 32.4 Å². The van der Waals surface area contributed by atoms with Crippen molar-refractivity contribution in [3.05, 3.63) is 52.8 Å². The maximum atomic E-state index is 12.8. The number of hydrogen-bond donors (Lipinski definition) is 0. The van der Waals surface area contributed by atoms with Gasteiger partial charge in [0, 0.05) is 30.5 Å². The van der Waals surface area contributed by atoms with Gasteiger partial charge in [0.2, 0.25) is 5.91 Å². The molecule has 4 nitrogen and oxygen atoms in total. The van der Waals surface area contributed by atoms with Crippen LogP contribution >= 0.6 is 11.6 Å². The summed E-state index contributed by atoms with van der Waals surface area (Å²) in [6.07, 6.45) is 5.11. The van der Waals surface area contributed by atoms with Crippen LogP contribution in [0.4, 0.5) is 0 Å². The Morgan fingerprint density at radius 3 is 3.00 bits per heavy atom. The number of aromatic nitrogens is 2. The third-order valence-corrected chi connectivity index (χ3v) is 4.39. The molecule has 0 saturated carbocycles. The van der Waals surface area contributed by atoms with Gasteiger partial charge in [-0.15, -0.1) is 0 Å². The first-order valence-electron chi connectivity index (χ1n) is 7.25. The second-order valence-electron chi connectivity index (χ2n) is 5.30. The van der Waals surface area contributed by atoms with Crippen molar-refractivity contribution in [3.8, 4) is 0 Å². The Morgan fingerprint density at radius 2 is 2.29 bits per heavy atom. The standard InChI is InChI=1S/C16H18ClN3O/c1-2-15(20-9-4-8-18-20)16(21)19-10-7-13-12(11-19)5-3-6-14(13)17/h3-6,8-9,15H,2,7,10-11H2,1H3/t15-/m0/s1. The molecule has 1 amide bonds. The van der Waals surface area contributed by atoms with Gasteiger partial charge in [0.05, 0.1) is 0 Å². The summed E-state index contributed by atoms with van der Waals surface area (Å²) in [5, 5.41) is 5.01. The van der Waals surface area contributed by atoms with E-state index in [0.717, 1.165) is 23.4 Å². The summed E-state index contributed by atoms with van der Waals surface area (Å²) in [4.78, 5) is 14.7. The van der Waals surface area contributed by atoms with Crippen LogP contribution < -0.4 is 0 Å². The number of amides is 1. The SMILES string of the molecule is CC[C@@H](C(=O)N1CCc2c(Cl)cccc2C1)n1cccn1. The molecule has 0 fully saturated rings. The predicted octanol–water partition coefficient (Wildman–Crippen LogP) is 3.07. The molecule has 0 aliphatic carbocycles. The average molecular weight is 304 g/mol. The van der Waals surface area contributed by atoms with E-state index in [-0.39, 0.29) is 11.9 Å². The van der Waals surface area contributed by atoms with Crippen molar-refractivity contribution in [2.75, 3.05) is 6.54 Å². The van der Waals surface area contributed by atoms with Crippen LogP contribution in [0.3, 0.4) is 0 Å². The van der Waals surface area contributed by atoms with E-state index in [1.54, 1.807) is 10.9 Å². The molecule has 1 aromatic heterocycles. The predicted molar refractivity (Wildman–Crippen MR) is 82.1 cm³/mol. The number of rotatable bonds is 3. The summed E-state index contributed by atoms with van der Waals surface area (Å²) in [6, 6.07) is 7.54. The Labute approximate surface area is 129 Å². The molecule has 1 atom stereocenters. The number of carbonyl (C=O) groups is 1. The van der Waals surface area contributed by atoms with Crippen molar-refractivity contribution in [2.24, 2.45) is 0 Å². The second-order valence-corrected chi connectivity index (χ2v) is 5.70. The molecule has 21 heavy (non-hydrogen) atoms. The number of halogens is 1. The molecule has 2 aromatic rings. The Balaban J connectivity index is 1.81. The van der Waals surface area contributed by atoms with Gasteiger partial charge in [0.15, 0.2) is 0 Å². The molecule has 0 N–H and O–H groups in total. The van der Waals surface area contributed by atoms with Crippen LogP contribution in [-0.2, 0) is 17.8 Å². The third kappa shape index (κ3) is 2.68. The monoisotopic (exact) mass is 303 g/mol. The zero-order valence-electron chi connectivity index (χ0n) is 12.0. The average Bonchev–Trinajstić information content (AvgIpc) is 3.02. The van der Waals surface area contributed by atoms with Crippen molar-refractivity contribution in [1.29, 1.82) is 0 Å². The zero-order chi connectivity index (χ0) is 14.8. The highest BCUT2D eigenvalue weighted by atomic mass is 35.5. The fraction of sp³-hybridized carbons (Fsp3) is 0.375. The van der Waals surface area contributed by atoms with Crippen LogP contribution in [0, 0.1) is 0 Å². The number of fused-ring (bicyclic) bond motifs is 1. The van der Waals surface area contributed by atoms with Crippen LogP contribution in [0.2, 0.25) is 5.02 Å². The molecule has 3 rings (SSSR count). The zero-order valence-corrected chi connectivity index (χ0v) is 12.8. The van der Waals surface area contributed by atoms with E-state index in [0.29, 0.717) is 13.1 Å². The first kappa shape index (κ1) is 14.1. The molecule has 1 aromatic carbocycles. The lowest BCUT2D eigenvalue weighted by atomic mass is 9.99. The molecule has 0 saturated heterocycles. The maximum absolute atomic E-state index is 12.8. The summed E-state index contributed by atoms with van der Waals surface area (Å²) < 4.78 is 1.75. The highest BCUT2D eigenvalue weighted by Crippen LogP contribution is 2.27. The smallest absolute Gasteiger partial charge is 0.247 e. The van der Waals surface area contributed by atoms with Crippen LogP contribution in [-0.4, -0.2) is 27.1 Å². The van der Waals surface area contributed by atoms with Gasteiger partial charge in [0.1, 0.15) is 6.04 Å². The van der Waals surface area contributed by atoms with E-state index in [1.165, 1.54) is 5.56 Å².